The first-order valence-corrected chi connectivity index (χ1v) is 13.3. The average Bonchev–Trinajstić information content (AvgIpc) is 3.51. The monoisotopic (exact) mass is 527 g/mol. The van der Waals surface area contributed by atoms with Crippen molar-refractivity contribution in [1.29, 1.82) is 0 Å². The van der Waals surface area contributed by atoms with Crippen molar-refractivity contribution in [2.24, 2.45) is 16.6 Å². The number of aryl methyl sites for hydroxylation is 1. The lowest BCUT2D eigenvalue weighted by Gasteiger charge is -2.31. The molecule has 194 valence electrons. The van der Waals surface area contributed by atoms with Crippen LogP contribution in [0.3, 0.4) is 0 Å². The highest BCUT2D eigenvalue weighted by molar-refractivity contribution is 8.18. The molecule has 2 amide bonds. The Morgan fingerprint density at radius 3 is 2.66 bits per heavy atom. The van der Waals surface area contributed by atoms with Gasteiger partial charge in [0.15, 0.2) is 5.17 Å². The number of hydrogen-bond donors (Lipinski definition) is 1. The van der Waals surface area contributed by atoms with Gasteiger partial charge < -0.3 is 15.4 Å². The molecule has 1 fully saturated rings. The number of likely N-dealkylation sites (tertiary alicyclic amines) is 1. The van der Waals surface area contributed by atoms with Crippen LogP contribution in [0.25, 0.3) is 23.0 Å². The number of rotatable bonds is 7. The fourth-order valence-corrected chi connectivity index (χ4v) is 5.55. The summed E-state index contributed by atoms with van der Waals surface area (Å²) in [5.74, 6) is 0.103. The van der Waals surface area contributed by atoms with Crippen molar-refractivity contribution in [3.05, 3.63) is 83.4 Å². The van der Waals surface area contributed by atoms with E-state index in [1.54, 1.807) is 6.08 Å². The van der Waals surface area contributed by atoms with Crippen LogP contribution < -0.4 is 10.5 Å². The molecule has 0 spiro atoms. The molecule has 9 heteroatoms. The third-order valence-electron chi connectivity index (χ3n) is 6.65. The van der Waals surface area contributed by atoms with E-state index in [2.05, 4.69) is 16.5 Å². The lowest BCUT2D eigenvalue weighted by Crippen LogP contribution is -2.40. The van der Waals surface area contributed by atoms with Gasteiger partial charge in [0.2, 0.25) is 5.91 Å². The second-order valence-electron chi connectivity index (χ2n) is 9.26. The van der Waals surface area contributed by atoms with Crippen LogP contribution in [0.2, 0.25) is 0 Å². The van der Waals surface area contributed by atoms with E-state index in [9.17, 15) is 9.59 Å². The summed E-state index contributed by atoms with van der Waals surface area (Å²) in [6.07, 6.45) is 6.85. The molecule has 5 rings (SSSR count). The van der Waals surface area contributed by atoms with Gasteiger partial charge in [-0.1, -0.05) is 30.9 Å². The van der Waals surface area contributed by atoms with Crippen molar-refractivity contribution in [1.82, 2.24) is 14.7 Å². The van der Waals surface area contributed by atoms with E-state index >= 15 is 0 Å². The fourth-order valence-electron chi connectivity index (χ4n) is 4.59. The van der Waals surface area contributed by atoms with Crippen molar-refractivity contribution < 1.29 is 14.3 Å². The number of carbonyl (C=O) groups excluding carboxylic acids is 2. The number of amidine groups is 1. The zero-order valence-electron chi connectivity index (χ0n) is 21.2. The largest absolute Gasteiger partial charge is 0.490 e. The molecule has 1 aromatic heterocycles. The second kappa shape index (κ2) is 11.1. The predicted octanol–water partition coefficient (Wildman–Crippen LogP) is 4.58. The van der Waals surface area contributed by atoms with Gasteiger partial charge in [-0.15, -0.1) is 0 Å². The van der Waals surface area contributed by atoms with Crippen molar-refractivity contribution >= 4 is 34.8 Å². The summed E-state index contributed by atoms with van der Waals surface area (Å²) in [4.78, 5) is 31.3. The highest BCUT2D eigenvalue weighted by Crippen LogP contribution is 2.35. The van der Waals surface area contributed by atoms with Gasteiger partial charge in [0.25, 0.3) is 5.91 Å². The number of nitrogens with zero attached hydrogens (tertiary/aromatic N) is 4. The minimum Gasteiger partial charge on any atom is -0.490 e. The number of nitrogens with two attached hydrogens (primary N) is 1. The van der Waals surface area contributed by atoms with Crippen molar-refractivity contribution in [3.8, 4) is 22.7 Å². The van der Waals surface area contributed by atoms with Gasteiger partial charge in [-0.25, -0.2) is 4.68 Å². The maximum Gasteiger partial charge on any atom is 0.286 e. The Morgan fingerprint density at radius 1 is 1.21 bits per heavy atom. The molecule has 0 aliphatic carbocycles. The molecule has 2 aliphatic rings. The Labute approximate surface area is 225 Å². The Kier molecular flexibility index (Phi) is 7.46. The van der Waals surface area contributed by atoms with E-state index in [0.717, 1.165) is 33.8 Å². The number of thioether (sulfide) groups is 1. The first kappa shape index (κ1) is 25.5. The van der Waals surface area contributed by atoms with Gasteiger partial charge in [0.1, 0.15) is 18.1 Å². The van der Waals surface area contributed by atoms with Gasteiger partial charge in [0.05, 0.1) is 10.6 Å². The van der Waals surface area contributed by atoms with Crippen LogP contribution in [0.1, 0.15) is 24.0 Å². The van der Waals surface area contributed by atoms with Gasteiger partial charge in [-0.3, -0.25) is 9.59 Å². The van der Waals surface area contributed by atoms with Gasteiger partial charge >= 0.3 is 0 Å². The number of amides is 2. The first-order chi connectivity index (χ1) is 18.4. The first-order valence-electron chi connectivity index (χ1n) is 12.5. The van der Waals surface area contributed by atoms with Crippen LogP contribution in [0, 0.1) is 12.8 Å². The van der Waals surface area contributed by atoms with Crippen LogP contribution in [0.5, 0.6) is 5.75 Å². The van der Waals surface area contributed by atoms with E-state index in [-0.39, 0.29) is 17.7 Å². The molecule has 1 saturated heterocycles. The topological polar surface area (TPSA) is 103 Å². The van der Waals surface area contributed by atoms with Gasteiger partial charge in [-0.2, -0.15) is 10.1 Å². The zero-order valence-corrected chi connectivity index (χ0v) is 22.0. The molecular formula is C29H29N5O3S. The van der Waals surface area contributed by atoms with E-state index < -0.39 is 0 Å². The number of piperidine rings is 1. The lowest BCUT2D eigenvalue weighted by atomic mass is 9.97. The molecular weight excluding hydrogens is 498 g/mol. The highest BCUT2D eigenvalue weighted by Gasteiger charge is 2.31. The van der Waals surface area contributed by atoms with Gasteiger partial charge in [0, 0.05) is 36.3 Å². The fraction of sp³-hybridized carbons (Fsp3) is 0.241. The molecule has 3 heterocycles. The SMILES string of the molecule is C=CCOc1ccc(-c2nn(-c3ccccc3)cc2/C=C2\SC(N3CCC(C(N)=O)CC3)=NC2=O)c(C)c1. The number of benzene rings is 2. The molecule has 0 bridgehead atoms. The number of primary amides is 1. The average molecular weight is 528 g/mol. The Balaban J connectivity index is 1.45. The number of hydrogen-bond acceptors (Lipinski definition) is 6. The summed E-state index contributed by atoms with van der Waals surface area (Å²) in [6, 6.07) is 15.7. The summed E-state index contributed by atoms with van der Waals surface area (Å²) in [7, 11) is 0. The number of para-hydroxylation sites is 1. The van der Waals surface area contributed by atoms with E-state index in [1.807, 2.05) is 72.4 Å². The lowest BCUT2D eigenvalue weighted by molar-refractivity contribution is -0.123. The molecule has 38 heavy (non-hydrogen) atoms. The Bertz CT molecular complexity index is 1440. The molecule has 2 N–H and O–H groups in total. The smallest absolute Gasteiger partial charge is 0.286 e. The maximum absolute atomic E-state index is 12.9. The number of aliphatic imine (C=N–C) groups is 1. The summed E-state index contributed by atoms with van der Waals surface area (Å²) >= 11 is 1.36. The molecule has 2 aromatic carbocycles. The molecule has 8 nitrogen and oxygen atoms in total. The third kappa shape index (κ3) is 5.43. The Hall–Kier alpha value is -4.11. The standard InChI is InChI=1S/C29H29N5O3S/c1-3-15-37-23-9-10-24(19(2)16-23)26-21(18-34(32-26)22-7-5-4-6-8-22)17-25-28(36)31-29(38-25)33-13-11-20(12-14-33)27(30)35/h3-10,16-18,20H,1,11-15H2,2H3,(H2,30,35)/b25-17-. The summed E-state index contributed by atoms with van der Waals surface area (Å²) in [5.41, 5.74) is 9.91. The van der Waals surface area contributed by atoms with Crippen LogP contribution in [-0.4, -0.2) is 51.4 Å². The summed E-state index contributed by atoms with van der Waals surface area (Å²) < 4.78 is 7.52. The van der Waals surface area contributed by atoms with Crippen molar-refractivity contribution in [2.75, 3.05) is 19.7 Å². The molecule has 3 aromatic rings. The van der Waals surface area contributed by atoms with Gasteiger partial charge in [-0.05, 0) is 73.5 Å². The molecule has 0 saturated carbocycles. The summed E-state index contributed by atoms with van der Waals surface area (Å²) in [6.45, 7) is 7.45. The summed E-state index contributed by atoms with van der Waals surface area (Å²) in [5, 5.41) is 5.57. The van der Waals surface area contributed by atoms with E-state index in [4.69, 9.17) is 15.6 Å². The molecule has 2 aliphatic heterocycles. The number of carbonyl (C=O) groups is 2. The zero-order chi connectivity index (χ0) is 26.6. The number of aromatic nitrogens is 2. The number of ether oxygens (including phenoxy) is 1. The van der Waals surface area contributed by atoms with Crippen LogP contribution in [0.15, 0.2) is 77.3 Å². The molecule has 0 unspecified atom stereocenters. The third-order valence-corrected chi connectivity index (χ3v) is 7.69. The van der Waals surface area contributed by atoms with E-state index in [0.29, 0.717) is 42.6 Å². The highest BCUT2D eigenvalue weighted by atomic mass is 32.2. The Morgan fingerprint density at radius 2 is 1.97 bits per heavy atom. The van der Waals surface area contributed by atoms with Crippen LogP contribution in [0.4, 0.5) is 0 Å². The van der Waals surface area contributed by atoms with Crippen LogP contribution >= 0.6 is 11.8 Å². The van der Waals surface area contributed by atoms with Crippen molar-refractivity contribution in [3.63, 3.8) is 0 Å². The molecule has 0 atom stereocenters. The maximum atomic E-state index is 12.9. The predicted molar refractivity (Wildman–Crippen MR) is 151 cm³/mol. The minimum absolute atomic E-state index is 0.118. The van der Waals surface area contributed by atoms with Crippen LogP contribution in [-0.2, 0) is 9.59 Å². The minimum atomic E-state index is -0.273. The second-order valence-corrected chi connectivity index (χ2v) is 10.3. The van der Waals surface area contributed by atoms with Crippen molar-refractivity contribution in [2.45, 2.75) is 19.8 Å². The normalized spacial score (nSPS) is 17.1. The van der Waals surface area contributed by atoms with E-state index in [1.165, 1.54) is 11.8 Å². The molecule has 0 radical (unpaired) electrons. The quantitative estimate of drug-likeness (QED) is 0.356.